The molecule has 0 fully saturated rings. The Morgan fingerprint density at radius 2 is 2.08 bits per heavy atom. The predicted octanol–water partition coefficient (Wildman–Crippen LogP) is 4.66. The molecule has 0 aliphatic rings. The smallest absolute Gasteiger partial charge is 0.265 e. The highest BCUT2D eigenvalue weighted by atomic mass is 32.1. The Morgan fingerprint density at radius 1 is 1.23 bits per heavy atom. The molecule has 0 spiro atoms. The largest absolute Gasteiger partial charge is 0.319 e. The highest BCUT2D eigenvalue weighted by Crippen LogP contribution is 2.32. The third-order valence-electron chi connectivity index (χ3n) is 3.74. The molecule has 5 nitrogen and oxygen atoms in total. The molecule has 3 aromatic heterocycles. The van der Waals surface area contributed by atoms with Crippen LogP contribution in [0, 0.1) is 5.82 Å². The molecule has 1 N–H and O–H groups in total. The SMILES string of the molecule is Cn1nc(-c2nccs2)cc1-c1ccc(C(=O)Nc2ccccc2F)s1. The Kier molecular flexibility index (Phi) is 4.36. The van der Waals surface area contributed by atoms with Gasteiger partial charge in [0, 0.05) is 18.6 Å². The molecule has 0 unspecified atom stereocenters. The summed E-state index contributed by atoms with van der Waals surface area (Å²) >= 11 is 2.85. The van der Waals surface area contributed by atoms with Gasteiger partial charge in [-0.15, -0.1) is 22.7 Å². The van der Waals surface area contributed by atoms with Gasteiger partial charge < -0.3 is 5.32 Å². The molecule has 26 heavy (non-hydrogen) atoms. The summed E-state index contributed by atoms with van der Waals surface area (Å²) in [5.41, 5.74) is 1.85. The van der Waals surface area contributed by atoms with Gasteiger partial charge in [-0.1, -0.05) is 12.1 Å². The van der Waals surface area contributed by atoms with Gasteiger partial charge in [0.1, 0.15) is 16.5 Å². The lowest BCUT2D eigenvalue weighted by Crippen LogP contribution is -2.11. The van der Waals surface area contributed by atoms with Gasteiger partial charge in [-0.25, -0.2) is 9.37 Å². The Bertz CT molecular complexity index is 1070. The molecule has 0 aliphatic heterocycles. The molecule has 0 radical (unpaired) electrons. The van der Waals surface area contributed by atoms with Crippen LogP contribution in [-0.2, 0) is 7.05 Å². The number of hydrogen-bond acceptors (Lipinski definition) is 5. The second-order valence-corrected chi connectivity index (χ2v) is 7.45. The van der Waals surface area contributed by atoms with Crippen LogP contribution in [0.15, 0.2) is 54.0 Å². The fourth-order valence-electron chi connectivity index (χ4n) is 2.50. The Morgan fingerprint density at radius 3 is 2.85 bits per heavy atom. The first-order valence-electron chi connectivity index (χ1n) is 7.72. The topological polar surface area (TPSA) is 59.8 Å². The molecule has 4 aromatic rings. The minimum atomic E-state index is -0.461. The highest BCUT2D eigenvalue weighted by molar-refractivity contribution is 7.17. The number of nitrogens with zero attached hydrogens (tertiary/aromatic N) is 3. The van der Waals surface area contributed by atoms with Crippen molar-refractivity contribution in [3.63, 3.8) is 0 Å². The molecule has 0 bridgehead atoms. The van der Waals surface area contributed by atoms with Crippen LogP contribution >= 0.6 is 22.7 Å². The van der Waals surface area contributed by atoms with Gasteiger partial charge >= 0.3 is 0 Å². The van der Waals surface area contributed by atoms with Crippen LogP contribution in [0.3, 0.4) is 0 Å². The van der Waals surface area contributed by atoms with E-state index in [0.29, 0.717) is 4.88 Å². The monoisotopic (exact) mass is 384 g/mol. The van der Waals surface area contributed by atoms with E-state index < -0.39 is 5.82 Å². The summed E-state index contributed by atoms with van der Waals surface area (Å²) < 4.78 is 15.5. The van der Waals surface area contributed by atoms with E-state index in [9.17, 15) is 9.18 Å². The number of nitrogens with one attached hydrogen (secondary N) is 1. The second-order valence-electron chi connectivity index (χ2n) is 5.47. The third-order valence-corrected chi connectivity index (χ3v) is 5.64. The predicted molar refractivity (Wildman–Crippen MR) is 102 cm³/mol. The summed E-state index contributed by atoms with van der Waals surface area (Å²) in [5, 5.41) is 9.83. The van der Waals surface area contributed by atoms with Gasteiger partial charge in [-0.05, 0) is 30.3 Å². The zero-order valence-electron chi connectivity index (χ0n) is 13.6. The summed E-state index contributed by atoms with van der Waals surface area (Å²) in [6.07, 6.45) is 1.74. The first-order chi connectivity index (χ1) is 12.6. The van der Waals surface area contributed by atoms with Crippen molar-refractivity contribution in [3.05, 3.63) is 64.7 Å². The van der Waals surface area contributed by atoms with Crippen LogP contribution in [0.1, 0.15) is 9.67 Å². The second kappa shape index (κ2) is 6.81. The summed E-state index contributed by atoms with van der Waals surface area (Å²) in [5.74, 6) is -0.800. The zero-order chi connectivity index (χ0) is 18.1. The van der Waals surface area contributed by atoms with Crippen LogP contribution in [-0.4, -0.2) is 20.7 Å². The number of aromatic nitrogens is 3. The maximum absolute atomic E-state index is 13.7. The number of anilines is 1. The lowest BCUT2D eigenvalue weighted by atomic mass is 10.3. The molecule has 1 aromatic carbocycles. The Hall–Kier alpha value is -2.84. The number of benzene rings is 1. The normalized spacial score (nSPS) is 10.8. The van der Waals surface area contributed by atoms with Crippen LogP contribution < -0.4 is 5.32 Å². The van der Waals surface area contributed by atoms with Gasteiger partial charge in [0.05, 0.1) is 21.1 Å². The number of thiophene rings is 1. The lowest BCUT2D eigenvalue weighted by molar-refractivity contribution is 0.103. The van der Waals surface area contributed by atoms with E-state index in [1.165, 1.54) is 34.8 Å². The maximum Gasteiger partial charge on any atom is 0.265 e. The van der Waals surface area contributed by atoms with E-state index in [2.05, 4.69) is 15.4 Å². The van der Waals surface area contributed by atoms with Crippen molar-refractivity contribution in [1.29, 1.82) is 0 Å². The molecular formula is C18H13FN4OS2. The number of rotatable bonds is 4. The standard InChI is InChI=1S/C18H13FN4OS2/c1-23-14(10-13(22-23)18-20-8-9-25-18)15-6-7-16(26-15)17(24)21-12-5-3-2-4-11(12)19/h2-10H,1H3,(H,21,24). The lowest BCUT2D eigenvalue weighted by Gasteiger charge is -2.04. The van der Waals surface area contributed by atoms with Crippen molar-refractivity contribution in [2.45, 2.75) is 0 Å². The molecule has 130 valence electrons. The summed E-state index contributed by atoms with van der Waals surface area (Å²) in [4.78, 5) is 18.1. The number of aryl methyl sites for hydroxylation is 1. The summed E-state index contributed by atoms with van der Waals surface area (Å²) in [6, 6.07) is 11.6. The molecule has 4 rings (SSSR count). The molecule has 3 heterocycles. The van der Waals surface area contributed by atoms with Crippen molar-refractivity contribution in [3.8, 4) is 21.3 Å². The average molecular weight is 384 g/mol. The van der Waals surface area contributed by atoms with Crippen LogP contribution in [0.25, 0.3) is 21.3 Å². The maximum atomic E-state index is 13.7. The van der Waals surface area contributed by atoms with Crippen molar-refractivity contribution < 1.29 is 9.18 Å². The molecule has 0 aliphatic carbocycles. The van der Waals surface area contributed by atoms with Crippen LogP contribution in [0.2, 0.25) is 0 Å². The van der Waals surface area contributed by atoms with E-state index in [0.717, 1.165) is 21.3 Å². The number of carbonyl (C=O) groups excluding carboxylic acids is 1. The number of carbonyl (C=O) groups is 1. The quantitative estimate of drug-likeness (QED) is 0.556. The molecule has 0 saturated heterocycles. The van der Waals surface area contributed by atoms with Gasteiger partial charge in [0.15, 0.2) is 0 Å². The van der Waals surface area contributed by atoms with Crippen molar-refractivity contribution in [1.82, 2.24) is 14.8 Å². The molecule has 0 saturated carbocycles. The highest BCUT2D eigenvalue weighted by Gasteiger charge is 2.16. The number of halogens is 1. The van der Waals surface area contributed by atoms with E-state index in [1.807, 2.05) is 24.6 Å². The summed E-state index contributed by atoms with van der Waals surface area (Å²) in [6.45, 7) is 0. The first kappa shape index (κ1) is 16.6. The molecular weight excluding hydrogens is 371 g/mol. The minimum Gasteiger partial charge on any atom is -0.319 e. The van der Waals surface area contributed by atoms with Crippen molar-refractivity contribution in [2.24, 2.45) is 7.05 Å². The van der Waals surface area contributed by atoms with Gasteiger partial charge in [-0.2, -0.15) is 5.10 Å². The summed E-state index contributed by atoms with van der Waals surface area (Å²) in [7, 11) is 1.85. The van der Waals surface area contributed by atoms with Crippen molar-refractivity contribution >= 4 is 34.3 Å². The number of amides is 1. The fourth-order valence-corrected chi connectivity index (χ4v) is 4.04. The van der Waals surface area contributed by atoms with Crippen LogP contribution in [0.5, 0.6) is 0 Å². The number of thiazole rings is 1. The third kappa shape index (κ3) is 3.16. The van der Waals surface area contributed by atoms with E-state index in [1.54, 1.807) is 29.1 Å². The number of hydrogen-bond donors (Lipinski definition) is 1. The Balaban J connectivity index is 1.58. The van der Waals surface area contributed by atoms with Gasteiger partial charge in [0.2, 0.25) is 0 Å². The molecule has 8 heteroatoms. The minimum absolute atomic E-state index is 0.166. The van der Waals surface area contributed by atoms with E-state index in [4.69, 9.17) is 0 Å². The molecule has 1 amide bonds. The first-order valence-corrected chi connectivity index (χ1v) is 9.41. The number of para-hydroxylation sites is 1. The zero-order valence-corrected chi connectivity index (χ0v) is 15.3. The van der Waals surface area contributed by atoms with Crippen molar-refractivity contribution in [2.75, 3.05) is 5.32 Å². The van der Waals surface area contributed by atoms with Gasteiger partial charge in [-0.3, -0.25) is 9.48 Å². The van der Waals surface area contributed by atoms with Gasteiger partial charge in [0.25, 0.3) is 5.91 Å². The molecule has 0 atom stereocenters. The van der Waals surface area contributed by atoms with Crippen LogP contribution in [0.4, 0.5) is 10.1 Å². The Labute approximate surface area is 156 Å². The van der Waals surface area contributed by atoms with E-state index >= 15 is 0 Å². The fraction of sp³-hybridized carbons (Fsp3) is 0.0556. The van der Waals surface area contributed by atoms with E-state index in [-0.39, 0.29) is 11.6 Å². The average Bonchev–Trinajstić information content (AvgIpc) is 3.36.